The molecule has 0 bridgehead atoms. The Morgan fingerprint density at radius 2 is 2.25 bits per heavy atom. The molecule has 0 aromatic carbocycles. The zero-order valence-corrected chi connectivity index (χ0v) is 7.80. The quantitative estimate of drug-likeness (QED) is 0.558. The van der Waals surface area contributed by atoms with Crippen molar-refractivity contribution < 1.29 is 9.53 Å². The predicted octanol–water partition coefficient (Wildman–Crippen LogP) is 1.78. The minimum atomic E-state index is 0.127. The first-order valence-electron chi connectivity index (χ1n) is 4.80. The molecule has 1 heterocycles. The number of Topliss-reactive ketones (excluding diaryl/α,β-unsaturated/α-hetero) is 1. The van der Waals surface area contributed by atoms with Crippen LogP contribution in [0.3, 0.4) is 0 Å². The van der Waals surface area contributed by atoms with E-state index in [-0.39, 0.29) is 5.60 Å². The van der Waals surface area contributed by atoms with E-state index < -0.39 is 0 Å². The van der Waals surface area contributed by atoms with Crippen LogP contribution in [0, 0.1) is 11.8 Å². The van der Waals surface area contributed by atoms with Crippen molar-refractivity contribution >= 4 is 5.78 Å². The zero-order chi connectivity index (χ0) is 8.77. The van der Waals surface area contributed by atoms with Gasteiger partial charge in [0.2, 0.25) is 0 Å². The fraction of sp³-hybridized carbons (Fsp3) is 0.900. The Morgan fingerprint density at radius 1 is 1.58 bits per heavy atom. The van der Waals surface area contributed by atoms with Crippen LogP contribution in [0.1, 0.15) is 33.1 Å². The molecule has 1 spiro atoms. The summed E-state index contributed by atoms with van der Waals surface area (Å²) < 4.78 is 5.51. The van der Waals surface area contributed by atoms with Gasteiger partial charge in [-0.1, -0.05) is 13.8 Å². The topological polar surface area (TPSA) is 29.6 Å². The molecule has 0 N–H and O–H groups in total. The molecular weight excluding hydrogens is 152 g/mol. The summed E-state index contributed by atoms with van der Waals surface area (Å²) >= 11 is 0. The van der Waals surface area contributed by atoms with Crippen LogP contribution in [0.25, 0.3) is 0 Å². The molecule has 0 aromatic heterocycles. The van der Waals surface area contributed by atoms with Crippen molar-refractivity contribution in [1.82, 2.24) is 0 Å². The van der Waals surface area contributed by atoms with E-state index in [9.17, 15) is 4.79 Å². The lowest BCUT2D eigenvalue weighted by molar-refractivity contribution is -0.123. The van der Waals surface area contributed by atoms with Crippen molar-refractivity contribution in [2.75, 3.05) is 6.61 Å². The van der Waals surface area contributed by atoms with Crippen LogP contribution in [0.15, 0.2) is 0 Å². The lowest BCUT2D eigenvalue weighted by atomic mass is 9.73. The first-order chi connectivity index (χ1) is 5.64. The van der Waals surface area contributed by atoms with Crippen LogP contribution in [-0.4, -0.2) is 18.0 Å². The fourth-order valence-corrected chi connectivity index (χ4v) is 2.36. The minimum Gasteiger partial charge on any atom is -0.369 e. The molecule has 0 radical (unpaired) electrons. The first-order valence-corrected chi connectivity index (χ1v) is 4.80. The third-order valence-electron chi connectivity index (χ3n) is 3.27. The third kappa shape index (κ3) is 1.18. The number of epoxide rings is 1. The summed E-state index contributed by atoms with van der Waals surface area (Å²) in [6.45, 7) is 5.27. The Kier molecular flexibility index (Phi) is 1.76. The van der Waals surface area contributed by atoms with Gasteiger partial charge in [0.25, 0.3) is 0 Å². The average molecular weight is 168 g/mol. The third-order valence-corrected chi connectivity index (χ3v) is 3.27. The molecule has 0 amide bonds. The molecule has 2 fully saturated rings. The molecule has 68 valence electrons. The summed E-state index contributed by atoms with van der Waals surface area (Å²) in [5.41, 5.74) is 0.127. The molecule has 2 heteroatoms. The van der Waals surface area contributed by atoms with Gasteiger partial charge < -0.3 is 4.74 Å². The fourth-order valence-electron chi connectivity index (χ4n) is 2.36. The van der Waals surface area contributed by atoms with E-state index >= 15 is 0 Å². The highest BCUT2D eigenvalue weighted by atomic mass is 16.6. The Morgan fingerprint density at radius 3 is 2.75 bits per heavy atom. The van der Waals surface area contributed by atoms with E-state index in [2.05, 4.69) is 13.8 Å². The number of rotatable bonds is 1. The predicted molar refractivity (Wildman–Crippen MR) is 45.9 cm³/mol. The molecular formula is C10H16O2. The van der Waals surface area contributed by atoms with Gasteiger partial charge in [0.1, 0.15) is 5.78 Å². The van der Waals surface area contributed by atoms with Crippen molar-refractivity contribution in [3.63, 3.8) is 0 Å². The first kappa shape index (κ1) is 8.24. The normalized spacial score (nSPS) is 40.9. The van der Waals surface area contributed by atoms with Crippen LogP contribution >= 0.6 is 0 Å². The molecule has 1 aliphatic heterocycles. The molecule has 12 heavy (non-hydrogen) atoms. The molecule has 0 aromatic rings. The molecule has 1 saturated carbocycles. The second kappa shape index (κ2) is 2.56. The average Bonchev–Trinajstić information content (AvgIpc) is 2.76. The van der Waals surface area contributed by atoms with Gasteiger partial charge in [-0.25, -0.2) is 0 Å². The van der Waals surface area contributed by atoms with E-state index in [0.29, 0.717) is 17.6 Å². The van der Waals surface area contributed by atoms with E-state index in [1.54, 1.807) is 0 Å². The van der Waals surface area contributed by atoms with E-state index in [4.69, 9.17) is 4.74 Å². The SMILES string of the molecule is CC(C)C1CC(=O)CCC12CO2. The highest BCUT2D eigenvalue weighted by Crippen LogP contribution is 2.47. The minimum absolute atomic E-state index is 0.127. The lowest BCUT2D eigenvalue weighted by Crippen LogP contribution is -2.35. The second-order valence-corrected chi connectivity index (χ2v) is 4.45. The number of carbonyl (C=O) groups excluding carboxylic acids is 1. The van der Waals surface area contributed by atoms with E-state index in [1.807, 2.05) is 0 Å². The van der Waals surface area contributed by atoms with Gasteiger partial charge in [-0.15, -0.1) is 0 Å². The Hall–Kier alpha value is -0.370. The highest BCUT2D eigenvalue weighted by Gasteiger charge is 2.54. The summed E-state index contributed by atoms with van der Waals surface area (Å²) in [5, 5.41) is 0. The van der Waals surface area contributed by atoms with Gasteiger partial charge in [-0.3, -0.25) is 4.79 Å². The smallest absolute Gasteiger partial charge is 0.133 e. The molecule has 1 saturated heterocycles. The Balaban J connectivity index is 2.10. The lowest BCUT2D eigenvalue weighted by Gasteiger charge is -2.30. The Bertz CT molecular complexity index is 204. The van der Waals surface area contributed by atoms with Crippen LogP contribution in [0.2, 0.25) is 0 Å². The largest absolute Gasteiger partial charge is 0.369 e. The standard InChI is InChI=1S/C10H16O2/c1-7(2)9-5-8(11)3-4-10(9)6-12-10/h7,9H,3-6H2,1-2H3. The van der Waals surface area contributed by atoms with Crippen molar-refractivity contribution in [2.45, 2.75) is 38.7 Å². The van der Waals surface area contributed by atoms with Crippen molar-refractivity contribution in [1.29, 1.82) is 0 Å². The number of hydrogen-bond acceptors (Lipinski definition) is 2. The maximum Gasteiger partial charge on any atom is 0.133 e. The summed E-state index contributed by atoms with van der Waals surface area (Å²) in [7, 11) is 0. The summed E-state index contributed by atoms with van der Waals surface area (Å²) in [5.74, 6) is 1.49. The van der Waals surface area contributed by atoms with Gasteiger partial charge in [0, 0.05) is 12.8 Å². The number of ketones is 1. The van der Waals surface area contributed by atoms with Gasteiger partial charge in [0.05, 0.1) is 12.2 Å². The monoisotopic (exact) mass is 168 g/mol. The number of carbonyl (C=O) groups is 1. The van der Waals surface area contributed by atoms with Crippen molar-refractivity contribution in [3.05, 3.63) is 0 Å². The van der Waals surface area contributed by atoms with E-state index in [1.165, 1.54) is 0 Å². The van der Waals surface area contributed by atoms with Gasteiger partial charge in [-0.2, -0.15) is 0 Å². The van der Waals surface area contributed by atoms with Crippen LogP contribution < -0.4 is 0 Å². The Labute approximate surface area is 73.3 Å². The molecule has 2 nitrogen and oxygen atoms in total. The zero-order valence-electron chi connectivity index (χ0n) is 7.80. The van der Waals surface area contributed by atoms with Gasteiger partial charge in [-0.05, 0) is 18.3 Å². The van der Waals surface area contributed by atoms with E-state index in [0.717, 1.165) is 25.9 Å². The van der Waals surface area contributed by atoms with Gasteiger partial charge in [0.15, 0.2) is 0 Å². The second-order valence-electron chi connectivity index (χ2n) is 4.45. The maximum atomic E-state index is 11.2. The van der Waals surface area contributed by atoms with Gasteiger partial charge >= 0.3 is 0 Å². The van der Waals surface area contributed by atoms with Crippen molar-refractivity contribution in [3.8, 4) is 0 Å². The number of ether oxygens (including phenoxy) is 1. The molecule has 2 atom stereocenters. The summed E-state index contributed by atoms with van der Waals surface area (Å²) in [6.07, 6.45) is 2.45. The molecule has 2 rings (SSSR count). The van der Waals surface area contributed by atoms with Crippen LogP contribution in [-0.2, 0) is 9.53 Å². The maximum absolute atomic E-state index is 11.2. The number of hydrogen-bond donors (Lipinski definition) is 0. The molecule has 1 aliphatic carbocycles. The van der Waals surface area contributed by atoms with Crippen molar-refractivity contribution in [2.24, 2.45) is 11.8 Å². The highest BCUT2D eigenvalue weighted by molar-refractivity contribution is 5.80. The summed E-state index contributed by atoms with van der Waals surface area (Å²) in [6, 6.07) is 0. The van der Waals surface area contributed by atoms with Crippen LogP contribution in [0.5, 0.6) is 0 Å². The molecule has 2 aliphatic rings. The molecule has 2 unspecified atom stereocenters. The summed E-state index contributed by atoms with van der Waals surface area (Å²) in [4.78, 5) is 11.2. The van der Waals surface area contributed by atoms with Crippen LogP contribution in [0.4, 0.5) is 0 Å².